The van der Waals surface area contributed by atoms with E-state index in [1.54, 1.807) is 26.0 Å². The molecule has 0 heterocycles. The van der Waals surface area contributed by atoms with Gasteiger partial charge in [-0.25, -0.2) is 9.59 Å². The van der Waals surface area contributed by atoms with Crippen molar-refractivity contribution in [2.24, 2.45) is 0 Å². The lowest BCUT2D eigenvalue weighted by Crippen LogP contribution is -2.44. The van der Waals surface area contributed by atoms with E-state index in [2.05, 4.69) is 29.6 Å². The largest absolute Gasteiger partial charge is 0.461 e. The van der Waals surface area contributed by atoms with Crippen molar-refractivity contribution in [1.82, 2.24) is 5.32 Å². The van der Waals surface area contributed by atoms with Crippen LogP contribution in [0.2, 0.25) is 5.02 Å². The predicted octanol–water partition coefficient (Wildman–Crippen LogP) is 5.74. The maximum Gasteiger partial charge on any atom is 0.407 e. The van der Waals surface area contributed by atoms with Gasteiger partial charge in [0.1, 0.15) is 12.6 Å². The summed E-state index contributed by atoms with van der Waals surface area (Å²) in [6, 6.07) is 22.5. The normalized spacial score (nSPS) is 13.2. The van der Waals surface area contributed by atoms with Gasteiger partial charge < -0.3 is 14.8 Å². The molecule has 0 unspecified atom stereocenters. The Balaban J connectivity index is 1.45. The van der Waals surface area contributed by atoms with Crippen molar-refractivity contribution in [2.75, 3.05) is 6.61 Å². The molecule has 0 spiro atoms. The smallest absolute Gasteiger partial charge is 0.407 e. The van der Waals surface area contributed by atoms with Gasteiger partial charge >= 0.3 is 12.1 Å². The molecule has 1 aliphatic rings. The maximum atomic E-state index is 12.7. The van der Waals surface area contributed by atoms with Crippen LogP contribution in [0, 0.1) is 0 Å². The van der Waals surface area contributed by atoms with Crippen molar-refractivity contribution in [2.45, 2.75) is 38.3 Å². The van der Waals surface area contributed by atoms with Crippen LogP contribution in [-0.2, 0) is 20.7 Å². The van der Waals surface area contributed by atoms with Crippen LogP contribution in [0.15, 0.2) is 72.8 Å². The minimum Gasteiger partial charge on any atom is -0.461 e. The second kappa shape index (κ2) is 10.1. The number of fused-ring (bicyclic) bond motifs is 3. The second-order valence-electron chi connectivity index (χ2n) is 8.34. The van der Waals surface area contributed by atoms with Gasteiger partial charge in [-0.2, -0.15) is 0 Å². The molecular formula is C27H26ClNO4. The van der Waals surface area contributed by atoms with E-state index in [1.165, 1.54) is 0 Å². The number of halogens is 1. The molecule has 0 bridgehead atoms. The Labute approximate surface area is 198 Å². The lowest BCUT2D eigenvalue weighted by atomic mass is 9.98. The lowest BCUT2D eigenvalue weighted by Gasteiger charge is -2.20. The fraction of sp³-hybridized carbons (Fsp3) is 0.259. The number of hydrogen-bond acceptors (Lipinski definition) is 4. The minimum atomic E-state index is -0.871. The van der Waals surface area contributed by atoms with Gasteiger partial charge in [-0.05, 0) is 53.8 Å². The molecule has 0 saturated heterocycles. The summed E-state index contributed by atoms with van der Waals surface area (Å²) in [7, 11) is 0. The molecule has 0 saturated carbocycles. The Morgan fingerprint density at radius 2 is 1.48 bits per heavy atom. The van der Waals surface area contributed by atoms with Gasteiger partial charge in [0.15, 0.2) is 0 Å². The van der Waals surface area contributed by atoms with Gasteiger partial charge in [0.05, 0.1) is 6.10 Å². The number of carbonyl (C=O) groups is 2. The molecule has 0 aliphatic heterocycles. The van der Waals surface area contributed by atoms with Crippen LogP contribution in [0.1, 0.15) is 36.5 Å². The molecular weight excluding hydrogens is 438 g/mol. The summed E-state index contributed by atoms with van der Waals surface area (Å²) in [5, 5.41) is 3.29. The Bertz CT molecular complexity index is 1100. The fourth-order valence-electron chi connectivity index (χ4n) is 4.15. The highest BCUT2D eigenvalue weighted by Gasteiger charge is 2.30. The highest BCUT2D eigenvalue weighted by atomic mass is 35.5. The molecule has 1 aliphatic carbocycles. The lowest BCUT2D eigenvalue weighted by molar-refractivity contribution is -0.149. The quantitative estimate of drug-likeness (QED) is 0.454. The minimum absolute atomic E-state index is 0.0551. The van der Waals surface area contributed by atoms with Crippen LogP contribution in [-0.4, -0.2) is 30.8 Å². The van der Waals surface area contributed by atoms with Crippen molar-refractivity contribution in [1.29, 1.82) is 0 Å². The average Bonchev–Trinajstić information content (AvgIpc) is 3.12. The molecule has 33 heavy (non-hydrogen) atoms. The summed E-state index contributed by atoms with van der Waals surface area (Å²) in [5.41, 5.74) is 5.42. The molecule has 0 aromatic heterocycles. The molecule has 3 aromatic carbocycles. The van der Waals surface area contributed by atoms with Crippen molar-refractivity contribution < 1.29 is 19.1 Å². The summed E-state index contributed by atoms with van der Waals surface area (Å²) in [4.78, 5) is 25.3. The first-order valence-electron chi connectivity index (χ1n) is 11.0. The van der Waals surface area contributed by atoms with Gasteiger partial charge in [0.25, 0.3) is 0 Å². The van der Waals surface area contributed by atoms with E-state index in [-0.39, 0.29) is 25.0 Å². The number of benzene rings is 3. The van der Waals surface area contributed by atoms with Crippen molar-refractivity contribution in [3.63, 3.8) is 0 Å². The van der Waals surface area contributed by atoms with Gasteiger partial charge in [0.2, 0.25) is 0 Å². The van der Waals surface area contributed by atoms with Crippen molar-refractivity contribution in [3.8, 4) is 11.1 Å². The van der Waals surface area contributed by atoms with Crippen LogP contribution in [0.25, 0.3) is 11.1 Å². The first-order chi connectivity index (χ1) is 15.9. The Kier molecular flexibility index (Phi) is 6.99. The molecule has 0 radical (unpaired) electrons. The van der Waals surface area contributed by atoms with E-state index in [1.807, 2.05) is 36.4 Å². The maximum absolute atomic E-state index is 12.7. The summed E-state index contributed by atoms with van der Waals surface area (Å²) in [6.07, 6.45) is -0.682. The highest BCUT2D eigenvalue weighted by Crippen LogP contribution is 2.44. The van der Waals surface area contributed by atoms with Crippen molar-refractivity contribution in [3.05, 3.63) is 94.5 Å². The fourth-order valence-corrected chi connectivity index (χ4v) is 4.27. The van der Waals surface area contributed by atoms with Crippen molar-refractivity contribution >= 4 is 23.7 Å². The standard InChI is InChI=1S/C27H26ClNO4/c1-17(2)33-26(30)25(15-18-11-13-19(28)14-12-18)29-27(31)32-16-24-22-9-5-3-7-20(22)21-8-4-6-10-23(21)24/h3-14,17,24-25H,15-16H2,1-2H3,(H,29,31)/t25-/m0/s1. The van der Waals surface area contributed by atoms with Crippen LogP contribution < -0.4 is 5.32 Å². The third-order valence-corrected chi connectivity index (χ3v) is 5.88. The van der Waals surface area contributed by atoms with Gasteiger partial charge in [-0.3, -0.25) is 0 Å². The molecule has 1 N–H and O–H groups in total. The summed E-state index contributed by atoms with van der Waals surface area (Å²) in [6.45, 7) is 3.71. The summed E-state index contributed by atoms with van der Waals surface area (Å²) < 4.78 is 10.9. The van der Waals surface area contributed by atoms with Crippen LogP contribution in [0.4, 0.5) is 4.79 Å². The first kappa shape index (κ1) is 22.9. The van der Waals surface area contributed by atoms with E-state index < -0.39 is 18.1 Å². The zero-order valence-electron chi connectivity index (χ0n) is 18.6. The average molecular weight is 464 g/mol. The Hall–Kier alpha value is -3.31. The Morgan fingerprint density at radius 1 is 0.909 bits per heavy atom. The third-order valence-electron chi connectivity index (χ3n) is 5.63. The second-order valence-corrected chi connectivity index (χ2v) is 8.78. The Morgan fingerprint density at radius 3 is 2.06 bits per heavy atom. The van der Waals surface area contributed by atoms with E-state index in [0.29, 0.717) is 5.02 Å². The molecule has 4 rings (SSSR count). The molecule has 1 amide bonds. The zero-order valence-corrected chi connectivity index (χ0v) is 19.3. The van der Waals surface area contributed by atoms with E-state index in [9.17, 15) is 9.59 Å². The van der Waals surface area contributed by atoms with Gasteiger partial charge in [0, 0.05) is 17.4 Å². The molecule has 3 aromatic rings. The van der Waals surface area contributed by atoms with E-state index in [4.69, 9.17) is 21.1 Å². The zero-order chi connectivity index (χ0) is 23.4. The number of hydrogen-bond donors (Lipinski definition) is 1. The number of alkyl carbamates (subject to hydrolysis) is 1. The number of carbonyl (C=O) groups excluding carboxylic acids is 2. The third kappa shape index (κ3) is 5.37. The number of ether oxygens (including phenoxy) is 2. The number of amides is 1. The number of esters is 1. The SMILES string of the molecule is CC(C)OC(=O)[C@H](Cc1ccc(Cl)cc1)NC(=O)OCC1c2ccccc2-c2ccccc21. The predicted molar refractivity (Wildman–Crippen MR) is 128 cm³/mol. The molecule has 5 nitrogen and oxygen atoms in total. The van der Waals surface area contributed by atoms with Crippen LogP contribution in [0.3, 0.4) is 0 Å². The first-order valence-corrected chi connectivity index (χ1v) is 11.4. The van der Waals surface area contributed by atoms with Gasteiger partial charge in [-0.15, -0.1) is 0 Å². The molecule has 1 atom stereocenters. The molecule has 0 fully saturated rings. The monoisotopic (exact) mass is 463 g/mol. The van der Waals surface area contributed by atoms with Crippen LogP contribution >= 0.6 is 11.6 Å². The summed E-state index contributed by atoms with van der Waals surface area (Å²) >= 11 is 5.96. The summed E-state index contributed by atoms with van der Waals surface area (Å²) in [5.74, 6) is -0.561. The number of nitrogens with one attached hydrogen (secondary N) is 1. The van der Waals surface area contributed by atoms with Gasteiger partial charge in [-0.1, -0.05) is 72.3 Å². The van der Waals surface area contributed by atoms with Crippen LogP contribution in [0.5, 0.6) is 0 Å². The molecule has 170 valence electrons. The molecule has 6 heteroatoms. The topological polar surface area (TPSA) is 64.6 Å². The number of rotatable bonds is 7. The van der Waals surface area contributed by atoms with E-state index >= 15 is 0 Å². The highest BCUT2D eigenvalue weighted by molar-refractivity contribution is 6.30. The van der Waals surface area contributed by atoms with E-state index in [0.717, 1.165) is 27.8 Å².